The van der Waals surface area contributed by atoms with Crippen LogP contribution in [0.2, 0.25) is 0 Å². The molecule has 2 aliphatic heterocycles. The van der Waals surface area contributed by atoms with Gasteiger partial charge in [0.1, 0.15) is 61.0 Å². The summed E-state index contributed by atoms with van der Waals surface area (Å²) in [6.07, 6.45) is -17.2. The maximum atomic E-state index is 10.9. The molecule has 1 aliphatic carbocycles. The van der Waals surface area contributed by atoms with Crippen LogP contribution in [-0.4, -0.2) is 146 Å². The average Bonchev–Trinajstić information content (AvgIpc) is 2.79. The van der Waals surface area contributed by atoms with Crippen molar-refractivity contribution in [1.82, 2.24) is 0 Å². The Hall–Kier alpha value is -0.600. The number of aliphatic hydroxyl groups is 8. The number of ether oxygens (including phenoxy) is 4. The maximum absolute atomic E-state index is 10.9. The van der Waals surface area contributed by atoms with Crippen LogP contribution in [0.4, 0.5) is 0 Å². The Morgan fingerprint density at radius 1 is 0.606 bits per heavy atom. The summed E-state index contributed by atoms with van der Waals surface area (Å²) in [7, 11) is 0. The van der Waals surface area contributed by atoms with Gasteiger partial charge in [-0.1, -0.05) is 0 Å². The molecule has 194 valence electrons. The molecule has 1 unspecified atom stereocenters. The first kappa shape index (κ1) is 27.0. The molecule has 0 aromatic heterocycles. The fourth-order valence-electron chi connectivity index (χ4n) is 4.36. The lowest BCUT2D eigenvalue weighted by atomic mass is 9.84. The number of rotatable bonds is 6. The number of hydrogen-bond acceptors (Lipinski definition) is 15. The van der Waals surface area contributed by atoms with Crippen molar-refractivity contribution >= 4 is 0 Å². The molecule has 0 bridgehead atoms. The molecule has 33 heavy (non-hydrogen) atoms. The summed E-state index contributed by atoms with van der Waals surface area (Å²) < 4.78 is 22.0. The predicted molar refractivity (Wildman–Crippen MR) is 106 cm³/mol. The highest BCUT2D eigenvalue weighted by molar-refractivity contribution is 5.01. The number of aliphatic hydroxyl groups excluding tert-OH is 8. The Kier molecular flexibility index (Phi) is 8.99. The molecule has 2 heterocycles. The van der Waals surface area contributed by atoms with E-state index in [1.165, 1.54) is 0 Å². The van der Waals surface area contributed by atoms with Crippen LogP contribution < -0.4 is 17.2 Å². The van der Waals surface area contributed by atoms with Crippen LogP contribution >= 0.6 is 0 Å². The molecule has 15 nitrogen and oxygen atoms in total. The van der Waals surface area contributed by atoms with Gasteiger partial charge in [0.25, 0.3) is 0 Å². The molecule has 0 aromatic rings. The van der Waals surface area contributed by atoms with Crippen molar-refractivity contribution in [3.63, 3.8) is 0 Å². The minimum atomic E-state index is -1.72. The van der Waals surface area contributed by atoms with Crippen LogP contribution in [0.15, 0.2) is 0 Å². The largest absolute Gasteiger partial charge is 0.394 e. The van der Waals surface area contributed by atoms with E-state index >= 15 is 0 Å². The standard InChI is InChI=1S/C18H35N3O12/c19-4-1-5(20)16(33-18-13(28)12(27)10(25)7(3-23)31-18)14(29)15(4)32-17-11(26)8(21)9(24)6(2-22)30-17/h4-18,22-29H,1-3,19-21H2/t4-,5+,6-,7-,8?,9-,10-,11-,12+,13-,14-,15+,16-,17-,18-/m1/s1. The van der Waals surface area contributed by atoms with Gasteiger partial charge >= 0.3 is 0 Å². The highest BCUT2D eigenvalue weighted by Crippen LogP contribution is 2.31. The van der Waals surface area contributed by atoms with E-state index in [4.69, 9.17) is 36.1 Å². The quantitative estimate of drug-likeness (QED) is 0.167. The zero-order valence-electron chi connectivity index (χ0n) is 17.7. The van der Waals surface area contributed by atoms with Crippen molar-refractivity contribution in [2.45, 2.75) is 98.2 Å². The second kappa shape index (κ2) is 11.0. The molecular formula is C18H35N3O12. The van der Waals surface area contributed by atoms with Crippen molar-refractivity contribution in [1.29, 1.82) is 0 Å². The average molecular weight is 485 g/mol. The van der Waals surface area contributed by atoms with E-state index in [-0.39, 0.29) is 6.42 Å². The molecule has 15 atom stereocenters. The van der Waals surface area contributed by atoms with Crippen molar-refractivity contribution in [2.75, 3.05) is 13.2 Å². The van der Waals surface area contributed by atoms with E-state index in [1.54, 1.807) is 0 Å². The second-order valence-electron chi connectivity index (χ2n) is 8.74. The number of nitrogens with two attached hydrogens (primary N) is 3. The van der Waals surface area contributed by atoms with Gasteiger partial charge in [-0.3, -0.25) is 0 Å². The monoisotopic (exact) mass is 485 g/mol. The van der Waals surface area contributed by atoms with Gasteiger partial charge < -0.3 is 77.0 Å². The Morgan fingerprint density at radius 3 is 1.55 bits per heavy atom. The van der Waals surface area contributed by atoms with Crippen molar-refractivity contribution in [2.24, 2.45) is 17.2 Å². The van der Waals surface area contributed by atoms with E-state index in [2.05, 4.69) is 0 Å². The Labute approximate surface area is 189 Å². The third-order valence-electron chi connectivity index (χ3n) is 6.43. The van der Waals surface area contributed by atoms with E-state index in [0.29, 0.717) is 0 Å². The fourth-order valence-corrected chi connectivity index (χ4v) is 4.36. The van der Waals surface area contributed by atoms with E-state index in [0.717, 1.165) is 0 Å². The van der Waals surface area contributed by atoms with Crippen molar-refractivity contribution in [3.05, 3.63) is 0 Å². The van der Waals surface area contributed by atoms with Gasteiger partial charge in [-0.05, 0) is 6.42 Å². The van der Waals surface area contributed by atoms with Crippen LogP contribution in [0.3, 0.4) is 0 Å². The number of hydrogen-bond donors (Lipinski definition) is 11. The maximum Gasteiger partial charge on any atom is 0.187 e. The van der Waals surface area contributed by atoms with Gasteiger partial charge in [0.05, 0.1) is 19.3 Å². The molecule has 0 amide bonds. The van der Waals surface area contributed by atoms with Gasteiger partial charge in [0.15, 0.2) is 12.6 Å². The van der Waals surface area contributed by atoms with E-state index in [9.17, 15) is 40.9 Å². The topological polar surface area (TPSA) is 277 Å². The molecule has 3 aliphatic rings. The fraction of sp³-hybridized carbons (Fsp3) is 1.00. The Balaban J connectivity index is 1.72. The first-order valence-corrected chi connectivity index (χ1v) is 10.7. The third kappa shape index (κ3) is 5.32. The molecule has 1 saturated carbocycles. The van der Waals surface area contributed by atoms with E-state index in [1.807, 2.05) is 0 Å². The summed E-state index contributed by atoms with van der Waals surface area (Å²) in [6.45, 7) is -1.27. The lowest BCUT2D eigenvalue weighted by molar-refractivity contribution is -0.335. The SMILES string of the molecule is NC1[C@@H](O)[C@@H](O[C@@H]2[C@@H](O)[C@H](O[C@H]3O[C@H](CO)[C@@H](O)[C@H](O)[C@H]3O)[C@@H](N)C[C@H]2N)O[C@H](CO)[C@H]1O. The highest BCUT2D eigenvalue weighted by atomic mass is 16.7. The van der Waals surface area contributed by atoms with Gasteiger partial charge in [0.2, 0.25) is 0 Å². The van der Waals surface area contributed by atoms with Crippen molar-refractivity contribution < 1.29 is 59.8 Å². The van der Waals surface area contributed by atoms with Crippen molar-refractivity contribution in [3.8, 4) is 0 Å². The van der Waals surface area contributed by atoms with Gasteiger partial charge in [0, 0.05) is 12.1 Å². The first-order valence-electron chi connectivity index (χ1n) is 10.7. The molecule has 2 saturated heterocycles. The third-order valence-corrected chi connectivity index (χ3v) is 6.43. The first-order chi connectivity index (χ1) is 15.5. The summed E-state index contributed by atoms with van der Waals surface area (Å²) in [5.74, 6) is 0. The zero-order chi connectivity index (χ0) is 24.6. The van der Waals surface area contributed by atoms with Gasteiger partial charge in [-0.2, -0.15) is 0 Å². The van der Waals surface area contributed by atoms with Crippen LogP contribution in [0.1, 0.15) is 6.42 Å². The lowest BCUT2D eigenvalue weighted by Crippen LogP contribution is -2.68. The molecule has 3 fully saturated rings. The Bertz CT molecular complexity index is 582. The smallest absolute Gasteiger partial charge is 0.187 e. The molecule has 3 rings (SSSR count). The van der Waals surface area contributed by atoms with Crippen LogP contribution in [0, 0.1) is 0 Å². The lowest BCUT2D eigenvalue weighted by Gasteiger charge is -2.48. The molecule has 0 spiro atoms. The zero-order valence-corrected chi connectivity index (χ0v) is 17.7. The van der Waals surface area contributed by atoms with Crippen LogP contribution in [0.25, 0.3) is 0 Å². The van der Waals surface area contributed by atoms with Crippen LogP contribution in [0.5, 0.6) is 0 Å². The molecule has 15 heteroatoms. The molecule has 0 radical (unpaired) electrons. The second-order valence-corrected chi connectivity index (χ2v) is 8.74. The molecule has 14 N–H and O–H groups in total. The highest BCUT2D eigenvalue weighted by Gasteiger charge is 2.51. The normalized spacial score (nSPS) is 53.7. The molecular weight excluding hydrogens is 450 g/mol. The summed E-state index contributed by atoms with van der Waals surface area (Å²) in [4.78, 5) is 0. The summed E-state index contributed by atoms with van der Waals surface area (Å²) in [5.41, 5.74) is 17.9. The predicted octanol–water partition coefficient (Wildman–Crippen LogP) is -7.26. The Morgan fingerprint density at radius 2 is 1.06 bits per heavy atom. The minimum absolute atomic E-state index is 0.0603. The molecule has 0 aromatic carbocycles. The summed E-state index contributed by atoms with van der Waals surface area (Å²) >= 11 is 0. The van der Waals surface area contributed by atoms with E-state index < -0.39 is 105 Å². The summed E-state index contributed by atoms with van der Waals surface area (Å²) in [5, 5.41) is 80.0. The minimum Gasteiger partial charge on any atom is -0.394 e. The van der Waals surface area contributed by atoms with Gasteiger partial charge in [-0.25, -0.2) is 0 Å². The van der Waals surface area contributed by atoms with Gasteiger partial charge in [-0.15, -0.1) is 0 Å². The van der Waals surface area contributed by atoms with Crippen LogP contribution in [-0.2, 0) is 18.9 Å². The summed E-state index contributed by atoms with van der Waals surface area (Å²) in [6, 6.07) is -2.92.